The molecule has 0 aliphatic heterocycles. The van der Waals surface area contributed by atoms with Crippen molar-refractivity contribution in [2.24, 2.45) is 0 Å². The van der Waals surface area contributed by atoms with Crippen LogP contribution in [0.5, 0.6) is 5.75 Å². The van der Waals surface area contributed by atoms with E-state index in [1.54, 1.807) is 55.5 Å². The van der Waals surface area contributed by atoms with E-state index in [-0.39, 0.29) is 36.8 Å². The molecule has 3 rings (SSSR count). The number of benzene rings is 2. The van der Waals surface area contributed by atoms with Crippen LogP contribution in [0.1, 0.15) is 23.7 Å². The van der Waals surface area contributed by atoms with Gasteiger partial charge in [-0.3, -0.25) is 10.1 Å². The third-order valence-corrected chi connectivity index (χ3v) is 4.46. The fraction of sp³-hybridized carbons (Fsp3) is 0.190. The molecule has 3 aromatic rings. The molecule has 7 nitrogen and oxygen atoms in total. The summed E-state index contributed by atoms with van der Waals surface area (Å²) in [6.45, 7) is 1.96. The normalized spacial score (nSPS) is 10.5. The van der Waals surface area contributed by atoms with Crippen LogP contribution in [0, 0.1) is 0 Å². The van der Waals surface area contributed by atoms with E-state index in [0.717, 1.165) is 0 Å². The number of nitrogens with one attached hydrogen (secondary N) is 1. The fourth-order valence-electron chi connectivity index (χ4n) is 2.55. The van der Waals surface area contributed by atoms with Crippen molar-refractivity contribution in [2.45, 2.75) is 13.3 Å². The number of nitrogens with zero attached hydrogens (tertiary/aromatic N) is 1. The van der Waals surface area contributed by atoms with Crippen molar-refractivity contribution < 1.29 is 23.6 Å². The second kappa shape index (κ2) is 10.1. The van der Waals surface area contributed by atoms with Gasteiger partial charge >= 0.3 is 5.97 Å². The van der Waals surface area contributed by atoms with Gasteiger partial charge in [-0.15, -0.1) is 0 Å². The van der Waals surface area contributed by atoms with Crippen LogP contribution in [-0.2, 0) is 9.53 Å². The molecule has 1 heterocycles. The number of amides is 1. The molecule has 0 radical (unpaired) electrons. The third kappa shape index (κ3) is 5.52. The van der Waals surface area contributed by atoms with Gasteiger partial charge in [0, 0.05) is 15.6 Å². The van der Waals surface area contributed by atoms with E-state index in [0.29, 0.717) is 21.4 Å². The molecule has 0 saturated heterocycles. The monoisotopic (exact) mass is 448 g/mol. The number of ether oxygens (including phenoxy) is 2. The highest BCUT2D eigenvalue weighted by molar-refractivity contribution is 6.30. The van der Waals surface area contributed by atoms with E-state index in [1.807, 2.05) is 0 Å². The fourth-order valence-corrected chi connectivity index (χ4v) is 2.81. The molecule has 0 fully saturated rings. The standard InChI is InChI=1S/C21H18Cl2N2O5/c1-2-28-21(27)18-19(13-3-5-14(22)6-4-13)25-30-20(18)24-17(26)11-12-29-16-9-7-15(23)8-10-16/h3-10H,2,11-12H2,1H3,(H,24,26). The van der Waals surface area contributed by atoms with Crippen LogP contribution in [0.25, 0.3) is 11.3 Å². The van der Waals surface area contributed by atoms with Crippen molar-refractivity contribution >= 4 is 41.0 Å². The number of anilines is 1. The Morgan fingerprint density at radius 2 is 1.67 bits per heavy atom. The second-order valence-electron chi connectivity index (χ2n) is 6.06. The summed E-state index contributed by atoms with van der Waals surface area (Å²) in [6.07, 6.45) is 0.0296. The first-order chi connectivity index (χ1) is 14.5. The summed E-state index contributed by atoms with van der Waals surface area (Å²) in [5.41, 5.74) is 0.877. The summed E-state index contributed by atoms with van der Waals surface area (Å²) in [6, 6.07) is 13.5. The van der Waals surface area contributed by atoms with Crippen molar-refractivity contribution in [1.29, 1.82) is 0 Å². The zero-order valence-electron chi connectivity index (χ0n) is 16.0. The molecular weight excluding hydrogens is 431 g/mol. The second-order valence-corrected chi connectivity index (χ2v) is 6.94. The number of carbonyl (C=O) groups excluding carboxylic acids is 2. The maximum absolute atomic E-state index is 12.5. The number of carbonyl (C=O) groups is 2. The zero-order valence-corrected chi connectivity index (χ0v) is 17.5. The van der Waals surface area contributed by atoms with Gasteiger partial charge in [0.15, 0.2) is 5.56 Å². The molecule has 2 aromatic carbocycles. The molecule has 156 valence electrons. The van der Waals surface area contributed by atoms with Crippen molar-refractivity contribution in [3.63, 3.8) is 0 Å². The minimum absolute atomic E-state index is 0.0296. The largest absolute Gasteiger partial charge is 0.493 e. The maximum Gasteiger partial charge on any atom is 0.346 e. The molecule has 1 N–H and O–H groups in total. The molecule has 9 heteroatoms. The quantitative estimate of drug-likeness (QED) is 0.474. The number of esters is 1. The number of aromatic nitrogens is 1. The van der Waals surface area contributed by atoms with Crippen LogP contribution >= 0.6 is 23.2 Å². The summed E-state index contributed by atoms with van der Waals surface area (Å²) in [5.74, 6) is -0.566. The number of hydrogen-bond acceptors (Lipinski definition) is 6. The van der Waals surface area contributed by atoms with E-state index in [9.17, 15) is 9.59 Å². The van der Waals surface area contributed by atoms with Crippen LogP contribution in [0.15, 0.2) is 53.1 Å². The Bertz CT molecular complexity index is 1020. The molecule has 0 aliphatic rings. The first kappa shape index (κ1) is 21.7. The molecule has 0 spiro atoms. The maximum atomic E-state index is 12.5. The first-order valence-electron chi connectivity index (χ1n) is 9.09. The average molecular weight is 449 g/mol. The van der Waals surface area contributed by atoms with Crippen LogP contribution < -0.4 is 10.1 Å². The lowest BCUT2D eigenvalue weighted by Crippen LogP contribution is -2.17. The van der Waals surface area contributed by atoms with Gasteiger partial charge in [-0.2, -0.15) is 0 Å². The Morgan fingerprint density at radius 3 is 2.30 bits per heavy atom. The molecule has 30 heavy (non-hydrogen) atoms. The lowest BCUT2D eigenvalue weighted by molar-refractivity contribution is -0.116. The molecule has 1 aromatic heterocycles. The van der Waals surface area contributed by atoms with Crippen molar-refractivity contribution in [3.05, 3.63) is 64.1 Å². The summed E-state index contributed by atoms with van der Waals surface area (Å²) in [5, 5.41) is 7.61. The lowest BCUT2D eigenvalue weighted by atomic mass is 10.1. The van der Waals surface area contributed by atoms with Gasteiger partial charge in [0.1, 0.15) is 11.4 Å². The molecule has 0 atom stereocenters. The van der Waals surface area contributed by atoms with Crippen LogP contribution in [-0.4, -0.2) is 30.2 Å². The van der Waals surface area contributed by atoms with Gasteiger partial charge in [0.05, 0.1) is 19.6 Å². The minimum atomic E-state index is -0.656. The smallest absolute Gasteiger partial charge is 0.346 e. The SMILES string of the molecule is CCOC(=O)c1c(-c2ccc(Cl)cc2)noc1NC(=O)CCOc1ccc(Cl)cc1. The Hall–Kier alpha value is -3.03. The predicted molar refractivity (Wildman–Crippen MR) is 113 cm³/mol. The van der Waals surface area contributed by atoms with Gasteiger partial charge in [-0.25, -0.2) is 4.79 Å². The van der Waals surface area contributed by atoms with Gasteiger partial charge in [-0.1, -0.05) is 40.5 Å². The predicted octanol–water partition coefficient (Wildman–Crippen LogP) is 5.23. The molecule has 0 bridgehead atoms. The summed E-state index contributed by atoms with van der Waals surface area (Å²) < 4.78 is 15.8. The number of hydrogen-bond donors (Lipinski definition) is 1. The molecule has 0 aliphatic carbocycles. The van der Waals surface area contributed by atoms with Crippen molar-refractivity contribution in [1.82, 2.24) is 5.16 Å². The summed E-state index contributed by atoms with van der Waals surface area (Å²) >= 11 is 11.7. The highest BCUT2D eigenvalue weighted by Crippen LogP contribution is 2.30. The van der Waals surface area contributed by atoms with E-state index >= 15 is 0 Å². The highest BCUT2D eigenvalue weighted by atomic mass is 35.5. The van der Waals surface area contributed by atoms with Crippen LogP contribution in [0.3, 0.4) is 0 Å². The Balaban J connectivity index is 1.71. The Morgan fingerprint density at radius 1 is 1.03 bits per heavy atom. The van der Waals surface area contributed by atoms with Gasteiger partial charge < -0.3 is 14.0 Å². The lowest BCUT2D eigenvalue weighted by Gasteiger charge is -2.07. The van der Waals surface area contributed by atoms with Crippen molar-refractivity contribution in [2.75, 3.05) is 18.5 Å². The molecule has 0 unspecified atom stereocenters. The topological polar surface area (TPSA) is 90.7 Å². The molecule has 0 saturated carbocycles. The highest BCUT2D eigenvalue weighted by Gasteiger charge is 2.26. The van der Waals surface area contributed by atoms with Crippen LogP contribution in [0.4, 0.5) is 5.88 Å². The number of rotatable bonds is 8. The zero-order chi connectivity index (χ0) is 21.5. The summed E-state index contributed by atoms with van der Waals surface area (Å²) in [4.78, 5) is 24.8. The van der Waals surface area contributed by atoms with E-state index in [2.05, 4.69) is 10.5 Å². The molecule has 1 amide bonds. The van der Waals surface area contributed by atoms with Crippen molar-refractivity contribution in [3.8, 4) is 17.0 Å². The Kier molecular flexibility index (Phi) is 7.32. The van der Waals surface area contributed by atoms with E-state index in [4.69, 9.17) is 37.2 Å². The van der Waals surface area contributed by atoms with Gasteiger partial charge in [-0.05, 0) is 43.3 Å². The minimum Gasteiger partial charge on any atom is -0.493 e. The van der Waals surface area contributed by atoms with Gasteiger partial charge in [0.2, 0.25) is 11.8 Å². The summed E-state index contributed by atoms with van der Waals surface area (Å²) in [7, 11) is 0. The average Bonchev–Trinajstić information content (AvgIpc) is 3.13. The van der Waals surface area contributed by atoms with Crippen LogP contribution in [0.2, 0.25) is 10.0 Å². The first-order valence-corrected chi connectivity index (χ1v) is 9.84. The van der Waals surface area contributed by atoms with E-state index < -0.39 is 11.9 Å². The Labute approximate surface area is 182 Å². The molecular formula is C21H18Cl2N2O5. The number of halogens is 2. The third-order valence-electron chi connectivity index (χ3n) is 3.95. The van der Waals surface area contributed by atoms with Gasteiger partial charge in [0.25, 0.3) is 0 Å². The van der Waals surface area contributed by atoms with E-state index in [1.165, 1.54) is 0 Å².